The number of hydrogen-bond donors (Lipinski definition) is 2. The SMILES string of the molecule is CCCCNC(=O)C1CCN(C(=O)C(CC)CN)CC1. The van der Waals surface area contributed by atoms with Crippen LogP contribution in [0.25, 0.3) is 0 Å². The van der Waals surface area contributed by atoms with Gasteiger partial charge in [-0.25, -0.2) is 0 Å². The molecule has 0 bridgehead atoms. The van der Waals surface area contributed by atoms with Crippen molar-refractivity contribution in [3.63, 3.8) is 0 Å². The topological polar surface area (TPSA) is 75.4 Å². The smallest absolute Gasteiger partial charge is 0.226 e. The molecule has 1 aliphatic heterocycles. The van der Waals surface area contributed by atoms with E-state index in [1.165, 1.54) is 0 Å². The molecule has 1 saturated heterocycles. The lowest BCUT2D eigenvalue weighted by atomic mass is 9.94. The quantitative estimate of drug-likeness (QED) is 0.688. The summed E-state index contributed by atoms with van der Waals surface area (Å²) in [6, 6.07) is 0. The largest absolute Gasteiger partial charge is 0.356 e. The van der Waals surface area contributed by atoms with Gasteiger partial charge in [0.15, 0.2) is 0 Å². The fourth-order valence-electron chi connectivity index (χ4n) is 2.60. The van der Waals surface area contributed by atoms with Crippen molar-refractivity contribution in [3.8, 4) is 0 Å². The lowest BCUT2D eigenvalue weighted by Crippen LogP contribution is -2.46. The van der Waals surface area contributed by atoms with Crippen LogP contribution in [0.5, 0.6) is 0 Å². The molecular weight excluding hydrogens is 254 g/mol. The minimum atomic E-state index is -0.0649. The van der Waals surface area contributed by atoms with Crippen LogP contribution in [-0.4, -0.2) is 42.9 Å². The molecule has 3 N–H and O–H groups in total. The molecule has 0 aromatic carbocycles. The number of piperidine rings is 1. The van der Waals surface area contributed by atoms with E-state index >= 15 is 0 Å². The highest BCUT2D eigenvalue weighted by Crippen LogP contribution is 2.19. The molecule has 1 unspecified atom stereocenters. The minimum absolute atomic E-state index is 0.0638. The summed E-state index contributed by atoms with van der Waals surface area (Å²) in [5, 5.41) is 2.98. The number of rotatable bonds is 7. The summed E-state index contributed by atoms with van der Waals surface area (Å²) in [7, 11) is 0. The van der Waals surface area contributed by atoms with Gasteiger partial charge in [-0.1, -0.05) is 20.3 Å². The minimum Gasteiger partial charge on any atom is -0.356 e. The van der Waals surface area contributed by atoms with Crippen LogP contribution >= 0.6 is 0 Å². The first kappa shape index (κ1) is 17.0. The van der Waals surface area contributed by atoms with E-state index < -0.39 is 0 Å². The molecule has 0 spiro atoms. The zero-order chi connectivity index (χ0) is 15.0. The highest BCUT2D eigenvalue weighted by Gasteiger charge is 2.29. The third-order valence-electron chi connectivity index (χ3n) is 4.13. The molecule has 0 aliphatic carbocycles. The zero-order valence-corrected chi connectivity index (χ0v) is 12.9. The van der Waals surface area contributed by atoms with Crippen molar-refractivity contribution in [3.05, 3.63) is 0 Å². The molecule has 0 saturated carbocycles. The van der Waals surface area contributed by atoms with Gasteiger partial charge in [0, 0.05) is 32.1 Å². The van der Waals surface area contributed by atoms with Gasteiger partial charge >= 0.3 is 0 Å². The first-order valence-electron chi connectivity index (χ1n) is 7.90. The van der Waals surface area contributed by atoms with Gasteiger partial charge in [-0.05, 0) is 25.7 Å². The van der Waals surface area contributed by atoms with Gasteiger partial charge in [0.1, 0.15) is 0 Å². The van der Waals surface area contributed by atoms with Gasteiger partial charge in [0.2, 0.25) is 11.8 Å². The molecule has 116 valence electrons. The molecule has 1 fully saturated rings. The number of carbonyl (C=O) groups is 2. The van der Waals surface area contributed by atoms with Gasteiger partial charge in [-0.15, -0.1) is 0 Å². The Labute approximate surface area is 122 Å². The Morgan fingerprint density at radius 3 is 2.45 bits per heavy atom. The molecular formula is C15H29N3O2. The zero-order valence-electron chi connectivity index (χ0n) is 12.9. The number of nitrogens with one attached hydrogen (secondary N) is 1. The summed E-state index contributed by atoms with van der Waals surface area (Å²) >= 11 is 0. The molecule has 0 aromatic rings. The number of nitrogens with zero attached hydrogens (tertiary/aromatic N) is 1. The van der Waals surface area contributed by atoms with Crippen molar-refractivity contribution in [2.45, 2.75) is 46.0 Å². The van der Waals surface area contributed by atoms with Crippen LogP contribution in [0.15, 0.2) is 0 Å². The summed E-state index contributed by atoms with van der Waals surface area (Å²) < 4.78 is 0. The van der Waals surface area contributed by atoms with E-state index in [4.69, 9.17) is 5.73 Å². The second-order valence-electron chi connectivity index (χ2n) is 5.59. The average Bonchev–Trinajstić information content (AvgIpc) is 2.48. The standard InChI is InChI=1S/C15H29N3O2/c1-3-5-8-17-14(19)13-6-9-18(10-7-13)15(20)12(4-2)11-16/h12-13H,3-11,16H2,1-2H3,(H,17,19). The summed E-state index contributed by atoms with van der Waals surface area (Å²) in [5.41, 5.74) is 5.62. The average molecular weight is 283 g/mol. The summed E-state index contributed by atoms with van der Waals surface area (Å²) in [6.07, 6.45) is 4.44. The molecule has 1 heterocycles. The van der Waals surface area contributed by atoms with Crippen LogP contribution in [0.4, 0.5) is 0 Å². The van der Waals surface area contributed by atoms with Crippen molar-refractivity contribution in [2.24, 2.45) is 17.6 Å². The van der Waals surface area contributed by atoms with E-state index in [1.807, 2.05) is 11.8 Å². The van der Waals surface area contributed by atoms with E-state index in [-0.39, 0.29) is 23.7 Å². The molecule has 1 aliphatic rings. The summed E-state index contributed by atoms with van der Waals surface area (Å²) in [4.78, 5) is 26.0. The van der Waals surface area contributed by atoms with Crippen molar-refractivity contribution in [2.75, 3.05) is 26.2 Å². The van der Waals surface area contributed by atoms with Crippen LogP contribution in [0.1, 0.15) is 46.0 Å². The van der Waals surface area contributed by atoms with E-state index in [0.29, 0.717) is 19.6 Å². The molecule has 20 heavy (non-hydrogen) atoms. The van der Waals surface area contributed by atoms with Gasteiger partial charge in [-0.2, -0.15) is 0 Å². The van der Waals surface area contributed by atoms with Crippen LogP contribution < -0.4 is 11.1 Å². The second kappa shape index (κ2) is 8.95. The lowest BCUT2D eigenvalue weighted by molar-refractivity contribution is -0.139. The molecule has 0 radical (unpaired) electrons. The predicted octanol–water partition coefficient (Wildman–Crippen LogP) is 1.13. The predicted molar refractivity (Wildman–Crippen MR) is 80.1 cm³/mol. The first-order valence-corrected chi connectivity index (χ1v) is 7.90. The Kier molecular flexibility index (Phi) is 7.59. The van der Waals surface area contributed by atoms with E-state index in [2.05, 4.69) is 12.2 Å². The first-order chi connectivity index (χ1) is 9.63. The van der Waals surface area contributed by atoms with Gasteiger partial charge in [-0.3, -0.25) is 9.59 Å². The number of unbranched alkanes of at least 4 members (excludes halogenated alkanes) is 1. The van der Waals surface area contributed by atoms with Crippen molar-refractivity contribution < 1.29 is 9.59 Å². The summed E-state index contributed by atoms with van der Waals surface area (Å²) in [5.74, 6) is 0.301. The van der Waals surface area contributed by atoms with Crippen LogP contribution in [0.2, 0.25) is 0 Å². The number of hydrogen-bond acceptors (Lipinski definition) is 3. The van der Waals surface area contributed by atoms with E-state index in [9.17, 15) is 9.59 Å². The highest BCUT2D eigenvalue weighted by atomic mass is 16.2. The normalized spacial score (nSPS) is 17.9. The third-order valence-corrected chi connectivity index (χ3v) is 4.13. The maximum atomic E-state index is 12.2. The Morgan fingerprint density at radius 2 is 1.95 bits per heavy atom. The third kappa shape index (κ3) is 4.78. The van der Waals surface area contributed by atoms with E-state index in [1.54, 1.807) is 0 Å². The number of carbonyl (C=O) groups excluding carboxylic acids is 2. The Hall–Kier alpha value is -1.10. The van der Waals surface area contributed by atoms with Gasteiger partial charge < -0.3 is 16.0 Å². The molecule has 1 rings (SSSR count). The Bertz CT molecular complexity index is 308. The molecule has 5 nitrogen and oxygen atoms in total. The Balaban J connectivity index is 2.35. The Morgan fingerprint density at radius 1 is 1.30 bits per heavy atom. The van der Waals surface area contributed by atoms with Crippen LogP contribution in [0, 0.1) is 11.8 Å². The molecule has 0 aromatic heterocycles. The molecule has 2 amide bonds. The number of likely N-dealkylation sites (tertiary alicyclic amines) is 1. The maximum Gasteiger partial charge on any atom is 0.226 e. The highest BCUT2D eigenvalue weighted by molar-refractivity contribution is 5.81. The lowest BCUT2D eigenvalue weighted by Gasteiger charge is -2.33. The van der Waals surface area contributed by atoms with Crippen LogP contribution in [-0.2, 0) is 9.59 Å². The van der Waals surface area contributed by atoms with Gasteiger partial charge in [0.05, 0.1) is 5.92 Å². The molecule has 1 atom stereocenters. The fourth-order valence-corrected chi connectivity index (χ4v) is 2.60. The van der Waals surface area contributed by atoms with Gasteiger partial charge in [0.25, 0.3) is 0 Å². The van der Waals surface area contributed by atoms with Crippen molar-refractivity contribution in [1.82, 2.24) is 10.2 Å². The number of nitrogens with two attached hydrogens (primary N) is 1. The van der Waals surface area contributed by atoms with Crippen LogP contribution in [0.3, 0.4) is 0 Å². The number of amides is 2. The summed E-state index contributed by atoms with van der Waals surface area (Å²) in [6.45, 7) is 6.63. The van der Waals surface area contributed by atoms with E-state index in [0.717, 1.165) is 38.6 Å². The molecule has 5 heteroatoms. The van der Waals surface area contributed by atoms with Crippen molar-refractivity contribution >= 4 is 11.8 Å². The monoisotopic (exact) mass is 283 g/mol. The second-order valence-corrected chi connectivity index (χ2v) is 5.59. The van der Waals surface area contributed by atoms with Crippen molar-refractivity contribution in [1.29, 1.82) is 0 Å². The maximum absolute atomic E-state index is 12.2. The fraction of sp³-hybridized carbons (Fsp3) is 0.867.